The summed E-state index contributed by atoms with van der Waals surface area (Å²) in [5.41, 5.74) is 10.4. The molecule has 0 aliphatic carbocycles. The predicted octanol–water partition coefficient (Wildman–Crippen LogP) is 5.57. The Balaban J connectivity index is 1.81. The van der Waals surface area contributed by atoms with Gasteiger partial charge in [-0.25, -0.2) is 4.39 Å². The maximum atomic E-state index is 13.4. The van der Waals surface area contributed by atoms with Gasteiger partial charge in [0.15, 0.2) is 5.58 Å². The van der Waals surface area contributed by atoms with Crippen molar-refractivity contribution in [1.29, 1.82) is 0 Å². The number of rotatable bonds is 4. The van der Waals surface area contributed by atoms with Crippen molar-refractivity contribution < 1.29 is 8.81 Å². The van der Waals surface area contributed by atoms with Crippen LogP contribution in [0.5, 0.6) is 0 Å². The van der Waals surface area contributed by atoms with Crippen molar-refractivity contribution in [3.05, 3.63) is 65.3 Å². The molecule has 136 valence electrons. The summed E-state index contributed by atoms with van der Waals surface area (Å²) in [7, 11) is 0. The average molecular weight is 383 g/mol. The van der Waals surface area contributed by atoms with E-state index in [-0.39, 0.29) is 10.9 Å². The highest BCUT2D eigenvalue weighted by molar-refractivity contribution is 6.31. The topological polar surface area (TPSA) is 77.0 Å². The highest BCUT2D eigenvalue weighted by Crippen LogP contribution is 2.39. The molecule has 1 aromatic carbocycles. The number of aromatic nitrogens is 2. The molecule has 0 aliphatic heterocycles. The Labute approximate surface area is 160 Å². The first kappa shape index (κ1) is 17.3. The van der Waals surface area contributed by atoms with Crippen LogP contribution < -0.4 is 11.1 Å². The molecule has 7 heteroatoms. The van der Waals surface area contributed by atoms with Crippen molar-refractivity contribution in [2.75, 3.05) is 11.1 Å². The van der Waals surface area contributed by atoms with E-state index in [0.717, 1.165) is 23.1 Å². The van der Waals surface area contributed by atoms with Crippen LogP contribution in [0.2, 0.25) is 5.02 Å². The Morgan fingerprint density at radius 1 is 1.15 bits per heavy atom. The number of aryl methyl sites for hydroxylation is 1. The van der Waals surface area contributed by atoms with E-state index in [4.69, 9.17) is 21.8 Å². The molecule has 3 heterocycles. The highest BCUT2D eigenvalue weighted by Gasteiger charge is 2.17. The third kappa shape index (κ3) is 3.19. The van der Waals surface area contributed by atoms with Gasteiger partial charge in [-0.3, -0.25) is 9.97 Å². The lowest BCUT2D eigenvalue weighted by Gasteiger charge is -2.07. The summed E-state index contributed by atoms with van der Waals surface area (Å²) >= 11 is 5.86. The van der Waals surface area contributed by atoms with Crippen molar-refractivity contribution in [1.82, 2.24) is 9.97 Å². The molecule has 0 radical (unpaired) electrons. The summed E-state index contributed by atoms with van der Waals surface area (Å²) in [6.45, 7) is 2.04. The van der Waals surface area contributed by atoms with Gasteiger partial charge in [0.05, 0.1) is 10.4 Å². The molecule has 0 unspecified atom stereocenters. The molecular weight excluding hydrogens is 367 g/mol. The average Bonchev–Trinajstić information content (AvgIpc) is 3.00. The van der Waals surface area contributed by atoms with Crippen LogP contribution in [-0.4, -0.2) is 9.97 Å². The molecule has 0 atom stereocenters. The second-order valence-electron chi connectivity index (χ2n) is 6.02. The molecule has 4 rings (SSSR count). The number of furan rings is 1. The monoisotopic (exact) mass is 382 g/mol. The van der Waals surface area contributed by atoms with E-state index >= 15 is 0 Å². The zero-order valence-electron chi connectivity index (χ0n) is 14.5. The maximum Gasteiger partial charge on any atom is 0.215 e. The van der Waals surface area contributed by atoms with E-state index < -0.39 is 5.82 Å². The lowest BCUT2D eigenvalue weighted by atomic mass is 10.1. The maximum absolute atomic E-state index is 13.4. The van der Waals surface area contributed by atoms with E-state index in [2.05, 4.69) is 15.3 Å². The largest absolute Gasteiger partial charge is 0.436 e. The fourth-order valence-corrected chi connectivity index (χ4v) is 3.09. The Morgan fingerprint density at radius 2 is 1.96 bits per heavy atom. The molecule has 0 saturated heterocycles. The van der Waals surface area contributed by atoms with Crippen LogP contribution in [0.3, 0.4) is 0 Å². The fraction of sp³-hybridized carbons (Fsp3) is 0.100. The van der Waals surface area contributed by atoms with Crippen molar-refractivity contribution in [2.24, 2.45) is 0 Å². The highest BCUT2D eigenvalue weighted by atomic mass is 35.5. The number of halogens is 2. The van der Waals surface area contributed by atoms with Crippen LogP contribution in [0, 0.1) is 5.82 Å². The molecule has 0 amide bonds. The fourth-order valence-electron chi connectivity index (χ4n) is 2.91. The predicted molar refractivity (Wildman–Crippen MR) is 106 cm³/mol. The number of pyridine rings is 2. The second-order valence-corrected chi connectivity index (χ2v) is 6.43. The molecule has 3 N–H and O–H groups in total. The van der Waals surface area contributed by atoms with Gasteiger partial charge in [0.2, 0.25) is 5.88 Å². The van der Waals surface area contributed by atoms with Crippen molar-refractivity contribution in [3.8, 4) is 11.3 Å². The zero-order valence-corrected chi connectivity index (χ0v) is 15.2. The summed E-state index contributed by atoms with van der Waals surface area (Å²) in [4.78, 5) is 8.78. The van der Waals surface area contributed by atoms with Crippen molar-refractivity contribution >= 4 is 39.8 Å². The molecule has 27 heavy (non-hydrogen) atoms. The number of hydrogen-bond donors (Lipinski definition) is 2. The van der Waals surface area contributed by atoms with Crippen molar-refractivity contribution in [3.63, 3.8) is 0 Å². The van der Waals surface area contributed by atoms with Gasteiger partial charge >= 0.3 is 0 Å². The Kier molecular flexibility index (Phi) is 4.41. The van der Waals surface area contributed by atoms with Crippen LogP contribution in [0.25, 0.3) is 22.2 Å². The minimum atomic E-state index is -0.483. The third-order valence-corrected chi connectivity index (χ3v) is 4.56. The number of fused-ring (bicyclic) bond motifs is 1. The molecule has 0 fully saturated rings. The lowest BCUT2D eigenvalue weighted by molar-refractivity contribution is 0.628. The Morgan fingerprint density at radius 3 is 2.74 bits per heavy atom. The van der Waals surface area contributed by atoms with E-state index in [0.29, 0.717) is 22.7 Å². The van der Waals surface area contributed by atoms with Crippen LogP contribution in [0.15, 0.2) is 53.2 Å². The summed E-state index contributed by atoms with van der Waals surface area (Å²) in [5, 5.41) is 3.95. The number of benzene rings is 1. The number of nitrogen functional groups attached to an aromatic ring is 1. The first-order valence-corrected chi connectivity index (χ1v) is 8.79. The number of anilines is 3. The number of nitrogens with zero attached hydrogens (tertiary/aromatic N) is 2. The van der Waals surface area contributed by atoms with Gasteiger partial charge in [0, 0.05) is 29.3 Å². The Bertz CT molecular complexity index is 1140. The molecule has 0 spiro atoms. The molecule has 0 bridgehead atoms. The van der Waals surface area contributed by atoms with Gasteiger partial charge < -0.3 is 15.5 Å². The molecular formula is C20H16ClFN4O. The molecule has 3 aromatic heterocycles. The van der Waals surface area contributed by atoms with Crippen molar-refractivity contribution in [2.45, 2.75) is 13.3 Å². The van der Waals surface area contributed by atoms with Gasteiger partial charge in [-0.15, -0.1) is 0 Å². The standard InChI is InChI=1S/C20H16ClFN4O/c1-2-12-9-11(5-7-24-12)17-19-14(6-8-25-17)18(20(23)27-19)26-13-3-4-16(22)15(21)10-13/h3-10,26H,2,23H2,1H3. The van der Waals surface area contributed by atoms with E-state index in [1.165, 1.54) is 12.1 Å². The van der Waals surface area contributed by atoms with E-state index in [1.807, 2.05) is 25.1 Å². The first-order chi connectivity index (χ1) is 13.1. The minimum Gasteiger partial charge on any atom is -0.436 e. The lowest BCUT2D eigenvalue weighted by Crippen LogP contribution is -1.94. The quantitative estimate of drug-likeness (QED) is 0.482. The molecule has 5 nitrogen and oxygen atoms in total. The van der Waals surface area contributed by atoms with Gasteiger partial charge in [-0.2, -0.15) is 0 Å². The third-order valence-electron chi connectivity index (χ3n) is 4.27. The Hall–Kier alpha value is -3.12. The molecule has 4 aromatic rings. The summed E-state index contributed by atoms with van der Waals surface area (Å²) in [6.07, 6.45) is 4.27. The first-order valence-electron chi connectivity index (χ1n) is 8.41. The van der Waals surface area contributed by atoms with E-state index in [1.54, 1.807) is 18.5 Å². The van der Waals surface area contributed by atoms with E-state index in [9.17, 15) is 4.39 Å². The molecule has 0 saturated carbocycles. The van der Waals surface area contributed by atoms with Crippen LogP contribution >= 0.6 is 11.6 Å². The summed E-state index contributed by atoms with van der Waals surface area (Å²) < 4.78 is 19.2. The summed E-state index contributed by atoms with van der Waals surface area (Å²) in [6, 6.07) is 10.0. The van der Waals surface area contributed by atoms with Crippen LogP contribution in [0.4, 0.5) is 21.6 Å². The number of hydrogen-bond acceptors (Lipinski definition) is 5. The number of nitrogens with one attached hydrogen (secondary N) is 1. The molecule has 0 aliphatic rings. The zero-order chi connectivity index (χ0) is 19.0. The number of nitrogens with two attached hydrogens (primary N) is 1. The smallest absolute Gasteiger partial charge is 0.215 e. The van der Waals surface area contributed by atoms with Gasteiger partial charge in [-0.1, -0.05) is 18.5 Å². The SMILES string of the molecule is CCc1cc(-c2nccc3c(Nc4ccc(F)c(Cl)c4)c(N)oc23)ccn1. The van der Waals surface area contributed by atoms with Crippen LogP contribution in [-0.2, 0) is 6.42 Å². The second kappa shape index (κ2) is 6.89. The van der Waals surface area contributed by atoms with Crippen LogP contribution in [0.1, 0.15) is 12.6 Å². The normalized spacial score (nSPS) is 11.1. The van der Waals surface area contributed by atoms with Gasteiger partial charge in [0.25, 0.3) is 0 Å². The van der Waals surface area contributed by atoms with Gasteiger partial charge in [-0.05, 0) is 42.8 Å². The summed E-state index contributed by atoms with van der Waals surface area (Å²) in [5.74, 6) is -0.271. The minimum absolute atomic E-state index is 0.0256. The van der Waals surface area contributed by atoms with Gasteiger partial charge in [0.1, 0.15) is 17.2 Å².